The van der Waals surface area contributed by atoms with Crippen molar-refractivity contribution in [2.75, 3.05) is 25.0 Å². The molecule has 1 atom stereocenters. The van der Waals surface area contributed by atoms with Crippen molar-refractivity contribution in [3.63, 3.8) is 0 Å². The van der Waals surface area contributed by atoms with Crippen LogP contribution in [0.4, 0.5) is 5.69 Å². The molecular weight excluding hydrogens is 252 g/mol. The molecule has 1 aliphatic rings. The molecule has 0 bridgehead atoms. The molecule has 1 unspecified atom stereocenters. The Kier molecular flexibility index (Phi) is 3.89. The lowest BCUT2D eigenvalue weighted by molar-refractivity contribution is 0.189. The molecule has 6 heteroatoms. The Morgan fingerprint density at radius 2 is 2.06 bits per heavy atom. The van der Waals surface area contributed by atoms with E-state index in [1.807, 2.05) is 6.92 Å². The van der Waals surface area contributed by atoms with Gasteiger partial charge < -0.3 is 10.4 Å². The highest BCUT2D eigenvalue weighted by atomic mass is 32.2. The number of aliphatic hydroxyl groups is 1. The maximum Gasteiger partial charge on any atom is 0.243 e. The lowest BCUT2D eigenvalue weighted by Gasteiger charge is -2.16. The molecule has 1 heterocycles. The number of anilines is 1. The Morgan fingerprint density at radius 3 is 2.56 bits per heavy atom. The van der Waals surface area contributed by atoms with E-state index in [0.717, 1.165) is 12.2 Å². The van der Waals surface area contributed by atoms with E-state index in [1.54, 1.807) is 24.3 Å². The minimum atomic E-state index is -3.46. The van der Waals surface area contributed by atoms with Crippen LogP contribution in [-0.2, 0) is 10.0 Å². The van der Waals surface area contributed by atoms with Crippen LogP contribution in [0.3, 0.4) is 0 Å². The normalized spacial score (nSPS) is 21.1. The summed E-state index contributed by atoms with van der Waals surface area (Å²) in [5.41, 5.74) is 0.901. The van der Waals surface area contributed by atoms with Crippen LogP contribution in [0.5, 0.6) is 0 Å². The molecule has 0 aromatic heterocycles. The molecule has 1 aromatic rings. The third-order valence-corrected chi connectivity index (χ3v) is 4.88. The van der Waals surface area contributed by atoms with Gasteiger partial charge >= 0.3 is 0 Å². The van der Waals surface area contributed by atoms with Gasteiger partial charge in [-0.1, -0.05) is 0 Å². The average Bonchev–Trinajstić information content (AvgIpc) is 2.78. The maximum absolute atomic E-state index is 12.2. The number of sulfonamides is 1. The second-order valence-electron chi connectivity index (χ2n) is 4.36. The summed E-state index contributed by atoms with van der Waals surface area (Å²) in [7, 11) is -3.46. The number of nitrogens with one attached hydrogen (secondary N) is 1. The van der Waals surface area contributed by atoms with Crippen LogP contribution in [0.25, 0.3) is 0 Å². The third-order valence-electron chi connectivity index (χ3n) is 3.00. The van der Waals surface area contributed by atoms with E-state index in [-0.39, 0.29) is 11.4 Å². The molecule has 2 rings (SSSR count). The lowest BCUT2D eigenvalue weighted by Crippen LogP contribution is -2.29. The Balaban J connectivity index is 2.19. The molecule has 1 aliphatic heterocycles. The van der Waals surface area contributed by atoms with Crippen LogP contribution >= 0.6 is 0 Å². The summed E-state index contributed by atoms with van der Waals surface area (Å²) in [5.74, 6) is 0. The van der Waals surface area contributed by atoms with E-state index in [2.05, 4.69) is 5.32 Å². The van der Waals surface area contributed by atoms with Gasteiger partial charge in [0.25, 0.3) is 0 Å². The van der Waals surface area contributed by atoms with Crippen molar-refractivity contribution in [3.05, 3.63) is 24.3 Å². The predicted molar refractivity (Wildman–Crippen MR) is 70.0 cm³/mol. The Bertz CT molecular complexity index is 499. The topological polar surface area (TPSA) is 69.6 Å². The summed E-state index contributed by atoms with van der Waals surface area (Å²) < 4.78 is 25.8. The lowest BCUT2D eigenvalue weighted by atomic mass is 10.3. The Morgan fingerprint density at radius 1 is 1.39 bits per heavy atom. The highest BCUT2D eigenvalue weighted by Gasteiger charge is 2.31. The molecule has 0 aliphatic carbocycles. The molecule has 1 aromatic carbocycles. The van der Waals surface area contributed by atoms with Gasteiger partial charge in [0.05, 0.1) is 11.0 Å². The van der Waals surface area contributed by atoms with Gasteiger partial charge in [0.2, 0.25) is 10.0 Å². The van der Waals surface area contributed by atoms with Crippen molar-refractivity contribution >= 4 is 15.7 Å². The molecular formula is C12H18N2O3S. The molecule has 0 amide bonds. The van der Waals surface area contributed by atoms with Gasteiger partial charge in [-0.2, -0.15) is 4.31 Å². The van der Waals surface area contributed by atoms with Gasteiger partial charge in [-0.25, -0.2) is 8.42 Å². The second kappa shape index (κ2) is 5.26. The monoisotopic (exact) mass is 270 g/mol. The van der Waals surface area contributed by atoms with Gasteiger partial charge in [0.1, 0.15) is 0 Å². The smallest absolute Gasteiger partial charge is 0.243 e. The summed E-state index contributed by atoms with van der Waals surface area (Å²) in [6.07, 6.45) is -0.0323. The van der Waals surface area contributed by atoms with E-state index in [4.69, 9.17) is 0 Å². The highest BCUT2D eigenvalue weighted by Crippen LogP contribution is 2.22. The largest absolute Gasteiger partial charge is 0.392 e. The zero-order chi connectivity index (χ0) is 13.2. The first-order valence-electron chi connectivity index (χ1n) is 6.06. The van der Waals surface area contributed by atoms with Crippen LogP contribution in [0.15, 0.2) is 29.2 Å². The van der Waals surface area contributed by atoms with E-state index in [0.29, 0.717) is 13.0 Å². The van der Waals surface area contributed by atoms with Crippen LogP contribution in [0, 0.1) is 0 Å². The van der Waals surface area contributed by atoms with Crippen molar-refractivity contribution in [3.8, 4) is 0 Å². The third kappa shape index (κ3) is 2.66. The molecule has 0 radical (unpaired) electrons. The zero-order valence-corrected chi connectivity index (χ0v) is 11.2. The standard InChI is InChI=1S/C12H18N2O3S/c1-2-13-10-3-5-12(6-4-10)18(16,17)14-8-7-11(15)9-14/h3-6,11,13,15H,2,7-9H2,1H3. The SMILES string of the molecule is CCNc1ccc(S(=O)(=O)N2CCC(O)C2)cc1. The number of benzene rings is 1. The van der Waals surface area contributed by atoms with E-state index in [1.165, 1.54) is 4.31 Å². The van der Waals surface area contributed by atoms with Crippen molar-refractivity contribution in [1.29, 1.82) is 0 Å². The molecule has 100 valence electrons. The number of nitrogens with zero attached hydrogens (tertiary/aromatic N) is 1. The quantitative estimate of drug-likeness (QED) is 0.852. The minimum Gasteiger partial charge on any atom is -0.392 e. The second-order valence-corrected chi connectivity index (χ2v) is 6.30. The highest BCUT2D eigenvalue weighted by molar-refractivity contribution is 7.89. The van der Waals surface area contributed by atoms with Gasteiger partial charge in [0.15, 0.2) is 0 Å². The first-order valence-corrected chi connectivity index (χ1v) is 7.50. The van der Waals surface area contributed by atoms with Crippen molar-refractivity contribution in [1.82, 2.24) is 4.31 Å². The fourth-order valence-corrected chi connectivity index (χ4v) is 3.52. The first kappa shape index (κ1) is 13.3. The van der Waals surface area contributed by atoms with Crippen molar-refractivity contribution in [2.45, 2.75) is 24.3 Å². The summed E-state index contributed by atoms with van der Waals surface area (Å²) in [6.45, 7) is 3.36. The van der Waals surface area contributed by atoms with Gasteiger partial charge in [-0.05, 0) is 37.6 Å². The summed E-state index contributed by atoms with van der Waals surface area (Å²) in [6, 6.07) is 6.70. The molecule has 1 fully saturated rings. The average molecular weight is 270 g/mol. The minimum absolute atomic E-state index is 0.192. The van der Waals surface area contributed by atoms with Crippen LogP contribution in [-0.4, -0.2) is 43.6 Å². The number of aliphatic hydroxyl groups excluding tert-OH is 1. The molecule has 2 N–H and O–H groups in total. The fraction of sp³-hybridized carbons (Fsp3) is 0.500. The summed E-state index contributed by atoms with van der Waals surface area (Å²) in [4.78, 5) is 0.276. The Hall–Kier alpha value is -1.11. The first-order chi connectivity index (χ1) is 8.54. The summed E-state index contributed by atoms with van der Waals surface area (Å²) in [5, 5.41) is 12.5. The van der Waals surface area contributed by atoms with Gasteiger partial charge in [-0.3, -0.25) is 0 Å². The van der Waals surface area contributed by atoms with E-state index < -0.39 is 16.1 Å². The molecule has 0 spiro atoms. The molecule has 0 saturated carbocycles. The van der Waals surface area contributed by atoms with E-state index >= 15 is 0 Å². The number of hydrogen-bond donors (Lipinski definition) is 2. The van der Waals surface area contributed by atoms with Crippen LogP contribution < -0.4 is 5.32 Å². The Labute approximate surface area is 107 Å². The molecule has 1 saturated heterocycles. The maximum atomic E-state index is 12.2. The van der Waals surface area contributed by atoms with Crippen LogP contribution in [0.2, 0.25) is 0 Å². The fourth-order valence-electron chi connectivity index (χ4n) is 2.03. The van der Waals surface area contributed by atoms with Crippen LogP contribution in [0.1, 0.15) is 13.3 Å². The van der Waals surface area contributed by atoms with Crippen molar-refractivity contribution in [2.24, 2.45) is 0 Å². The number of β-amino-alcohol motifs (C(OH)–C–C–N with tert-alkyl or cyclic N) is 1. The number of rotatable bonds is 4. The van der Waals surface area contributed by atoms with Crippen molar-refractivity contribution < 1.29 is 13.5 Å². The zero-order valence-electron chi connectivity index (χ0n) is 10.3. The number of hydrogen-bond acceptors (Lipinski definition) is 4. The van der Waals surface area contributed by atoms with Gasteiger partial charge in [0, 0.05) is 25.3 Å². The van der Waals surface area contributed by atoms with E-state index in [9.17, 15) is 13.5 Å². The molecule has 5 nitrogen and oxygen atoms in total. The summed E-state index contributed by atoms with van der Waals surface area (Å²) >= 11 is 0. The predicted octanol–water partition coefficient (Wildman–Crippen LogP) is 0.874. The molecule has 18 heavy (non-hydrogen) atoms. The van der Waals surface area contributed by atoms with Gasteiger partial charge in [-0.15, -0.1) is 0 Å².